The van der Waals surface area contributed by atoms with Gasteiger partial charge in [0, 0.05) is 28.3 Å². The normalized spacial score (nSPS) is 18.9. The lowest BCUT2D eigenvalue weighted by Crippen LogP contribution is -2.42. The van der Waals surface area contributed by atoms with Gasteiger partial charge in [0.25, 0.3) is 0 Å². The van der Waals surface area contributed by atoms with E-state index in [1.54, 1.807) is 29.2 Å². The molecule has 0 unspecified atom stereocenters. The molecule has 0 aliphatic heterocycles. The van der Waals surface area contributed by atoms with Crippen molar-refractivity contribution in [3.8, 4) is 0 Å². The number of Topliss-reactive ketones (excluding diaryl/α,β-unsaturated/α-hetero) is 1. The van der Waals surface area contributed by atoms with E-state index >= 15 is 0 Å². The zero-order valence-electron chi connectivity index (χ0n) is 19.0. The Morgan fingerprint density at radius 2 is 1.66 bits per heavy atom. The predicted octanol–water partition coefficient (Wildman–Crippen LogP) is 6.05. The fourth-order valence-electron chi connectivity index (χ4n) is 4.76. The van der Waals surface area contributed by atoms with E-state index in [9.17, 15) is 19.5 Å². The maximum atomic E-state index is 13.6. The Bertz CT molecular complexity index is 1210. The Hall–Kier alpha value is -3.15. The standard InChI is InChI=1S/C26H29NO5/c1-14(2)27(25(29)17-7-5-15(3)6-8-17)22-12-20-19-11-18(16(4)28)9-10-23(19)32-24(20)13-21(22)26(30)31/h9-15,17H,5-8H2,1-4H3,(H,30,31). The lowest BCUT2D eigenvalue weighted by molar-refractivity contribution is -0.123. The Balaban J connectivity index is 1.89. The molecule has 1 amide bonds. The number of amides is 1. The average molecular weight is 436 g/mol. The number of hydrogen-bond donors (Lipinski definition) is 1. The van der Waals surface area contributed by atoms with Crippen LogP contribution in [0.2, 0.25) is 0 Å². The summed E-state index contributed by atoms with van der Waals surface area (Å²) in [7, 11) is 0. The minimum atomic E-state index is -1.11. The maximum Gasteiger partial charge on any atom is 0.337 e. The van der Waals surface area contributed by atoms with Crippen LogP contribution in [0.5, 0.6) is 0 Å². The number of fused-ring (bicyclic) bond motifs is 3. The third-order valence-electron chi connectivity index (χ3n) is 6.60. The maximum absolute atomic E-state index is 13.6. The highest BCUT2D eigenvalue weighted by Gasteiger charge is 2.32. The van der Waals surface area contributed by atoms with Crippen LogP contribution in [0.1, 0.15) is 74.1 Å². The number of carboxylic acids is 1. The monoisotopic (exact) mass is 435 g/mol. The van der Waals surface area contributed by atoms with Crippen LogP contribution in [0.25, 0.3) is 21.9 Å². The highest BCUT2D eigenvalue weighted by molar-refractivity contribution is 6.13. The van der Waals surface area contributed by atoms with Crippen LogP contribution < -0.4 is 4.90 Å². The number of carbonyl (C=O) groups excluding carboxylic acids is 2. The van der Waals surface area contributed by atoms with Gasteiger partial charge < -0.3 is 14.4 Å². The summed E-state index contributed by atoms with van der Waals surface area (Å²) in [5, 5.41) is 11.4. The van der Waals surface area contributed by atoms with Crippen LogP contribution in [-0.4, -0.2) is 28.8 Å². The Kier molecular flexibility index (Phi) is 5.80. The predicted molar refractivity (Wildman–Crippen MR) is 124 cm³/mol. The quantitative estimate of drug-likeness (QED) is 0.493. The van der Waals surface area contributed by atoms with Gasteiger partial charge in [-0.2, -0.15) is 0 Å². The summed E-state index contributed by atoms with van der Waals surface area (Å²) in [6, 6.07) is 8.20. The summed E-state index contributed by atoms with van der Waals surface area (Å²) in [4.78, 5) is 39.3. The first kappa shape index (κ1) is 22.1. The number of anilines is 1. The minimum absolute atomic E-state index is 0.0222. The van der Waals surface area contributed by atoms with Gasteiger partial charge in [-0.25, -0.2) is 4.79 Å². The number of benzene rings is 2. The van der Waals surface area contributed by atoms with Crippen molar-refractivity contribution in [2.45, 2.75) is 59.4 Å². The molecule has 6 nitrogen and oxygen atoms in total. The summed E-state index contributed by atoms with van der Waals surface area (Å²) in [6.45, 7) is 7.51. The van der Waals surface area contributed by atoms with Crippen LogP contribution in [0.3, 0.4) is 0 Å². The molecule has 0 spiro atoms. The van der Waals surface area contributed by atoms with E-state index in [0.29, 0.717) is 33.7 Å². The molecule has 1 heterocycles. The molecular formula is C26H29NO5. The molecule has 6 heteroatoms. The molecule has 3 aromatic rings. The van der Waals surface area contributed by atoms with Crippen molar-refractivity contribution in [2.75, 3.05) is 4.90 Å². The second-order valence-electron chi connectivity index (χ2n) is 9.30. The smallest absolute Gasteiger partial charge is 0.337 e. The molecule has 0 saturated heterocycles. The van der Waals surface area contributed by atoms with Crippen molar-refractivity contribution in [3.05, 3.63) is 41.5 Å². The molecular weight excluding hydrogens is 406 g/mol. The number of carboxylic acid groups (broad SMARTS) is 1. The van der Waals surface area contributed by atoms with Gasteiger partial charge in [-0.1, -0.05) is 6.92 Å². The average Bonchev–Trinajstić information content (AvgIpc) is 3.10. The second-order valence-corrected chi connectivity index (χ2v) is 9.30. The van der Waals surface area contributed by atoms with Gasteiger partial charge in [-0.15, -0.1) is 0 Å². The summed E-state index contributed by atoms with van der Waals surface area (Å²) in [6.07, 6.45) is 3.66. The van der Waals surface area contributed by atoms with E-state index < -0.39 is 5.97 Å². The number of ketones is 1. The van der Waals surface area contributed by atoms with Gasteiger partial charge >= 0.3 is 5.97 Å². The van der Waals surface area contributed by atoms with Gasteiger partial charge in [0.05, 0.1) is 11.3 Å². The second kappa shape index (κ2) is 8.41. The third-order valence-corrected chi connectivity index (χ3v) is 6.60. The highest BCUT2D eigenvalue weighted by atomic mass is 16.4. The number of nitrogens with zero attached hydrogens (tertiary/aromatic N) is 1. The zero-order chi connectivity index (χ0) is 23.2. The lowest BCUT2D eigenvalue weighted by Gasteiger charge is -2.34. The van der Waals surface area contributed by atoms with Crippen LogP contribution in [0, 0.1) is 11.8 Å². The first-order valence-electron chi connectivity index (χ1n) is 11.2. The van der Waals surface area contributed by atoms with Crippen molar-refractivity contribution in [2.24, 2.45) is 11.8 Å². The number of hydrogen-bond acceptors (Lipinski definition) is 4. The molecule has 32 heavy (non-hydrogen) atoms. The van der Waals surface area contributed by atoms with Crippen molar-refractivity contribution in [3.63, 3.8) is 0 Å². The van der Waals surface area contributed by atoms with E-state index in [1.165, 1.54) is 13.0 Å². The van der Waals surface area contributed by atoms with Crippen LogP contribution in [-0.2, 0) is 4.79 Å². The van der Waals surface area contributed by atoms with Gasteiger partial charge in [0.2, 0.25) is 5.91 Å². The molecule has 1 N–H and O–H groups in total. The molecule has 1 aliphatic carbocycles. The molecule has 0 atom stereocenters. The van der Waals surface area contributed by atoms with E-state index in [0.717, 1.165) is 31.1 Å². The van der Waals surface area contributed by atoms with Gasteiger partial charge in [0.15, 0.2) is 5.78 Å². The fourth-order valence-corrected chi connectivity index (χ4v) is 4.76. The van der Waals surface area contributed by atoms with E-state index in [2.05, 4.69) is 6.92 Å². The highest BCUT2D eigenvalue weighted by Crippen LogP contribution is 2.38. The molecule has 1 saturated carbocycles. The SMILES string of the molecule is CC(=O)c1ccc2oc3cc(C(=O)O)c(N(C(=O)C4CCC(C)CC4)C(C)C)cc3c2c1. The van der Waals surface area contributed by atoms with E-state index in [-0.39, 0.29) is 29.2 Å². The fraction of sp³-hybridized carbons (Fsp3) is 0.423. The lowest BCUT2D eigenvalue weighted by atomic mass is 9.82. The Morgan fingerprint density at radius 3 is 2.25 bits per heavy atom. The molecule has 2 aromatic carbocycles. The van der Waals surface area contributed by atoms with Crippen molar-refractivity contribution >= 4 is 45.3 Å². The molecule has 4 rings (SSSR count). The minimum Gasteiger partial charge on any atom is -0.478 e. The molecule has 1 aromatic heterocycles. The summed E-state index contributed by atoms with van der Waals surface area (Å²) in [5.41, 5.74) is 1.96. The number of carbonyl (C=O) groups is 3. The van der Waals surface area contributed by atoms with Gasteiger partial charge in [-0.05, 0) is 82.7 Å². The Labute approximate surface area is 187 Å². The first-order valence-corrected chi connectivity index (χ1v) is 11.2. The van der Waals surface area contributed by atoms with Crippen molar-refractivity contribution < 1.29 is 23.9 Å². The van der Waals surface area contributed by atoms with Gasteiger partial charge in [-0.3, -0.25) is 9.59 Å². The van der Waals surface area contributed by atoms with Crippen molar-refractivity contribution in [1.82, 2.24) is 0 Å². The van der Waals surface area contributed by atoms with Crippen LogP contribution in [0.4, 0.5) is 5.69 Å². The molecule has 1 fully saturated rings. The van der Waals surface area contributed by atoms with E-state index in [1.807, 2.05) is 13.8 Å². The largest absolute Gasteiger partial charge is 0.478 e. The van der Waals surface area contributed by atoms with Crippen molar-refractivity contribution in [1.29, 1.82) is 0 Å². The topological polar surface area (TPSA) is 87.8 Å². The van der Waals surface area contributed by atoms with Crippen LogP contribution in [0.15, 0.2) is 34.7 Å². The third kappa shape index (κ3) is 3.90. The van der Waals surface area contributed by atoms with E-state index in [4.69, 9.17) is 4.42 Å². The number of aromatic carboxylic acids is 1. The summed E-state index contributed by atoms with van der Waals surface area (Å²) in [5.74, 6) is -0.677. The summed E-state index contributed by atoms with van der Waals surface area (Å²) >= 11 is 0. The molecule has 0 radical (unpaired) electrons. The molecule has 1 aliphatic rings. The zero-order valence-corrected chi connectivity index (χ0v) is 19.0. The van der Waals surface area contributed by atoms with Gasteiger partial charge in [0.1, 0.15) is 11.2 Å². The first-order chi connectivity index (χ1) is 15.2. The number of rotatable bonds is 5. The summed E-state index contributed by atoms with van der Waals surface area (Å²) < 4.78 is 5.88. The Morgan fingerprint density at radius 1 is 1.00 bits per heavy atom. The van der Waals surface area contributed by atoms with Crippen LogP contribution >= 0.6 is 0 Å². The number of furan rings is 1. The molecule has 168 valence electrons. The molecule has 0 bridgehead atoms.